The van der Waals surface area contributed by atoms with E-state index in [1.165, 1.54) is 0 Å². The maximum Gasteiger partial charge on any atom is 0.307 e. The molecule has 4 nitrogen and oxygen atoms in total. The number of nitrogens with zero attached hydrogens (tertiary/aromatic N) is 2. The van der Waals surface area contributed by atoms with Gasteiger partial charge in [-0.2, -0.15) is 0 Å². The lowest BCUT2D eigenvalue weighted by atomic mass is 10.2. The quantitative estimate of drug-likeness (QED) is 0.688. The summed E-state index contributed by atoms with van der Waals surface area (Å²) in [6, 6.07) is 0.107. The highest BCUT2D eigenvalue weighted by Gasteiger charge is 2.11. The van der Waals surface area contributed by atoms with E-state index in [2.05, 4.69) is 4.98 Å². The van der Waals surface area contributed by atoms with Crippen molar-refractivity contribution in [2.75, 3.05) is 6.61 Å². The zero-order valence-corrected chi connectivity index (χ0v) is 8.86. The van der Waals surface area contributed by atoms with E-state index < -0.39 is 0 Å². The van der Waals surface area contributed by atoms with Gasteiger partial charge < -0.3 is 9.30 Å². The molecule has 1 heterocycles. The number of carbonyl (C=O) groups is 1. The second-order valence-electron chi connectivity index (χ2n) is 3.32. The van der Waals surface area contributed by atoms with Gasteiger partial charge >= 0.3 is 5.97 Å². The summed E-state index contributed by atoms with van der Waals surface area (Å²) >= 11 is 0. The van der Waals surface area contributed by atoms with Crippen molar-refractivity contribution in [2.45, 2.75) is 33.2 Å². The van der Waals surface area contributed by atoms with Crippen LogP contribution in [0.1, 0.15) is 32.0 Å². The van der Waals surface area contributed by atoms with Crippen LogP contribution < -0.4 is 0 Å². The maximum atomic E-state index is 11.2. The average Bonchev–Trinajstić information content (AvgIpc) is 2.52. The summed E-state index contributed by atoms with van der Waals surface area (Å²) in [5.74, 6) is -0.161. The van der Waals surface area contributed by atoms with Gasteiger partial charge in [0.15, 0.2) is 0 Å². The zero-order valence-electron chi connectivity index (χ0n) is 8.86. The Morgan fingerprint density at radius 3 is 2.93 bits per heavy atom. The van der Waals surface area contributed by atoms with E-state index in [1.807, 2.05) is 31.5 Å². The van der Waals surface area contributed by atoms with Crippen LogP contribution in [0.2, 0.25) is 0 Å². The second-order valence-corrected chi connectivity index (χ2v) is 3.32. The molecular formula is C10H16N2O2. The van der Waals surface area contributed by atoms with Gasteiger partial charge in [0.1, 0.15) is 0 Å². The second kappa shape index (κ2) is 4.79. The monoisotopic (exact) mass is 196 g/mol. The van der Waals surface area contributed by atoms with Crippen molar-refractivity contribution in [2.24, 2.45) is 0 Å². The first-order valence-corrected chi connectivity index (χ1v) is 4.79. The third-order valence-corrected chi connectivity index (χ3v) is 2.01. The minimum Gasteiger partial charge on any atom is -0.466 e. The van der Waals surface area contributed by atoms with Crippen molar-refractivity contribution in [1.29, 1.82) is 0 Å². The Balaban J connectivity index is 2.50. The van der Waals surface area contributed by atoms with Crippen molar-refractivity contribution < 1.29 is 9.53 Å². The molecule has 0 bridgehead atoms. The fourth-order valence-electron chi connectivity index (χ4n) is 1.25. The summed E-state index contributed by atoms with van der Waals surface area (Å²) in [7, 11) is 0. The Kier molecular flexibility index (Phi) is 3.68. The summed E-state index contributed by atoms with van der Waals surface area (Å²) in [4.78, 5) is 15.3. The number of esters is 1. The van der Waals surface area contributed by atoms with Gasteiger partial charge in [-0.25, -0.2) is 4.98 Å². The molecule has 0 aliphatic rings. The molecule has 0 N–H and O–H groups in total. The maximum absolute atomic E-state index is 11.2. The highest BCUT2D eigenvalue weighted by Crippen LogP contribution is 2.11. The van der Waals surface area contributed by atoms with Crippen molar-refractivity contribution in [3.05, 3.63) is 18.2 Å². The van der Waals surface area contributed by atoms with E-state index in [0.717, 1.165) is 5.69 Å². The fraction of sp³-hybridized carbons (Fsp3) is 0.600. The molecule has 14 heavy (non-hydrogen) atoms. The molecule has 0 aliphatic heterocycles. The van der Waals surface area contributed by atoms with Crippen LogP contribution in [-0.2, 0) is 9.53 Å². The molecule has 0 radical (unpaired) electrons. The summed E-state index contributed by atoms with van der Waals surface area (Å²) in [6.45, 7) is 6.14. The van der Waals surface area contributed by atoms with E-state index in [-0.39, 0.29) is 12.0 Å². The third-order valence-electron chi connectivity index (χ3n) is 2.01. The smallest absolute Gasteiger partial charge is 0.307 e. The number of ether oxygens (including phenoxy) is 1. The number of hydrogen-bond donors (Lipinski definition) is 0. The molecule has 0 fully saturated rings. The molecule has 78 valence electrons. The first-order chi connectivity index (χ1) is 6.63. The lowest BCUT2D eigenvalue weighted by Gasteiger charge is -2.11. The minimum atomic E-state index is -0.161. The van der Waals surface area contributed by atoms with Crippen LogP contribution in [0.3, 0.4) is 0 Å². The fourth-order valence-corrected chi connectivity index (χ4v) is 1.25. The number of imidazole rings is 1. The summed E-state index contributed by atoms with van der Waals surface area (Å²) in [6.07, 6.45) is 4.05. The van der Waals surface area contributed by atoms with Crippen LogP contribution in [0, 0.1) is 6.92 Å². The van der Waals surface area contributed by atoms with Gasteiger partial charge in [-0.1, -0.05) is 0 Å². The summed E-state index contributed by atoms with van der Waals surface area (Å²) in [5.41, 5.74) is 0.959. The van der Waals surface area contributed by atoms with Crippen molar-refractivity contribution in [3.8, 4) is 0 Å². The average molecular weight is 196 g/mol. The summed E-state index contributed by atoms with van der Waals surface area (Å²) in [5, 5.41) is 0. The molecule has 0 aliphatic carbocycles. The van der Waals surface area contributed by atoms with Crippen LogP contribution in [0.4, 0.5) is 0 Å². The Hall–Kier alpha value is -1.32. The van der Waals surface area contributed by atoms with Crippen molar-refractivity contribution >= 4 is 5.97 Å². The number of aryl methyl sites for hydroxylation is 1. The lowest BCUT2D eigenvalue weighted by Crippen LogP contribution is -2.12. The zero-order chi connectivity index (χ0) is 10.6. The molecule has 1 unspecified atom stereocenters. The van der Waals surface area contributed by atoms with Crippen molar-refractivity contribution in [1.82, 2.24) is 9.55 Å². The van der Waals surface area contributed by atoms with E-state index in [4.69, 9.17) is 4.74 Å². The SMILES string of the molecule is CCOC(=O)CC(C)n1cnc(C)c1. The van der Waals surface area contributed by atoms with Crippen molar-refractivity contribution in [3.63, 3.8) is 0 Å². The number of aromatic nitrogens is 2. The minimum absolute atomic E-state index is 0.107. The third kappa shape index (κ3) is 2.87. The van der Waals surface area contributed by atoms with E-state index in [1.54, 1.807) is 6.33 Å². The number of carbonyl (C=O) groups excluding carboxylic acids is 1. The van der Waals surface area contributed by atoms with E-state index in [9.17, 15) is 4.79 Å². The topological polar surface area (TPSA) is 44.1 Å². The molecule has 1 atom stereocenters. The highest BCUT2D eigenvalue weighted by atomic mass is 16.5. The van der Waals surface area contributed by atoms with Gasteiger partial charge in [0.05, 0.1) is 25.0 Å². The van der Waals surface area contributed by atoms with Gasteiger partial charge in [-0.3, -0.25) is 4.79 Å². The predicted molar refractivity (Wildman–Crippen MR) is 52.9 cm³/mol. The molecule has 0 saturated carbocycles. The molecular weight excluding hydrogens is 180 g/mol. The summed E-state index contributed by atoms with van der Waals surface area (Å²) < 4.78 is 6.79. The van der Waals surface area contributed by atoms with Crippen LogP contribution >= 0.6 is 0 Å². The molecule has 0 spiro atoms. The van der Waals surface area contributed by atoms with E-state index >= 15 is 0 Å². The molecule has 1 aromatic heterocycles. The highest BCUT2D eigenvalue weighted by molar-refractivity contribution is 5.69. The Bertz CT molecular complexity index is 307. The van der Waals surface area contributed by atoms with Crippen LogP contribution in [-0.4, -0.2) is 22.1 Å². The number of rotatable bonds is 4. The normalized spacial score (nSPS) is 12.5. The molecule has 1 aromatic rings. The largest absolute Gasteiger partial charge is 0.466 e. The standard InChI is InChI=1S/C10H16N2O2/c1-4-14-10(13)5-9(3)12-6-8(2)11-7-12/h6-7,9H,4-5H2,1-3H3. The van der Waals surface area contributed by atoms with Gasteiger partial charge in [-0.15, -0.1) is 0 Å². The van der Waals surface area contributed by atoms with Gasteiger partial charge in [0.25, 0.3) is 0 Å². The molecule has 0 saturated heterocycles. The Labute approximate surface area is 83.9 Å². The van der Waals surface area contributed by atoms with Crippen LogP contribution in [0.5, 0.6) is 0 Å². The van der Waals surface area contributed by atoms with Crippen LogP contribution in [0.25, 0.3) is 0 Å². The Morgan fingerprint density at radius 1 is 1.71 bits per heavy atom. The molecule has 0 amide bonds. The van der Waals surface area contributed by atoms with Crippen LogP contribution in [0.15, 0.2) is 12.5 Å². The van der Waals surface area contributed by atoms with Gasteiger partial charge in [0, 0.05) is 12.2 Å². The Morgan fingerprint density at radius 2 is 2.43 bits per heavy atom. The van der Waals surface area contributed by atoms with Gasteiger partial charge in [0.2, 0.25) is 0 Å². The first-order valence-electron chi connectivity index (χ1n) is 4.79. The molecule has 1 rings (SSSR count). The molecule has 4 heteroatoms. The van der Waals surface area contributed by atoms with E-state index in [0.29, 0.717) is 13.0 Å². The number of hydrogen-bond acceptors (Lipinski definition) is 3. The molecule has 0 aromatic carbocycles. The first kappa shape index (κ1) is 10.8. The van der Waals surface area contributed by atoms with Gasteiger partial charge in [-0.05, 0) is 20.8 Å². The lowest BCUT2D eigenvalue weighted by molar-refractivity contribution is -0.143. The predicted octanol–water partition coefficient (Wildman–Crippen LogP) is 1.71.